The van der Waals surface area contributed by atoms with Gasteiger partial charge in [0, 0.05) is 16.8 Å². The van der Waals surface area contributed by atoms with Crippen molar-refractivity contribution >= 4 is 5.97 Å². The molecule has 0 saturated heterocycles. The predicted molar refractivity (Wildman–Crippen MR) is 84.1 cm³/mol. The van der Waals surface area contributed by atoms with Gasteiger partial charge >= 0.3 is 5.97 Å². The number of benzene rings is 1. The molecule has 0 spiro atoms. The lowest BCUT2D eigenvalue weighted by atomic mass is 10.1. The maximum atomic E-state index is 12.1. The Morgan fingerprint density at radius 2 is 2.09 bits per heavy atom. The minimum Gasteiger partial charge on any atom is -0.493 e. The van der Waals surface area contributed by atoms with E-state index in [-0.39, 0.29) is 12.0 Å². The lowest BCUT2D eigenvalue weighted by molar-refractivity contribution is -0.136. The number of nitrogens with one attached hydrogen (secondary N) is 1. The van der Waals surface area contributed by atoms with Gasteiger partial charge in [-0.15, -0.1) is 0 Å². The zero-order chi connectivity index (χ0) is 17.0. The summed E-state index contributed by atoms with van der Waals surface area (Å²) in [7, 11) is 1.54. The number of aliphatic carboxylic acids is 1. The fraction of sp³-hybridized carbons (Fsp3) is 0.312. The van der Waals surface area contributed by atoms with Crippen molar-refractivity contribution in [3.63, 3.8) is 0 Å². The molecule has 0 atom stereocenters. The molecule has 2 N–H and O–H groups in total. The highest BCUT2D eigenvalue weighted by Gasteiger charge is 2.14. The molecule has 0 aliphatic carbocycles. The van der Waals surface area contributed by atoms with Crippen molar-refractivity contribution in [1.29, 1.82) is 0 Å². The van der Waals surface area contributed by atoms with Crippen LogP contribution in [0.4, 0.5) is 0 Å². The lowest BCUT2D eigenvalue weighted by Crippen LogP contribution is -2.20. The Morgan fingerprint density at radius 3 is 2.65 bits per heavy atom. The number of carboxylic acids is 1. The van der Waals surface area contributed by atoms with Gasteiger partial charge in [0.2, 0.25) is 0 Å². The third kappa shape index (κ3) is 3.68. The highest BCUT2D eigenvalue weighted by Crippen LogP contribution is 2.31. The molecule has 1 heterocycles. The van der Waals surface area contributed by atoms with E-state index >= 15 is 0 Å². The number of aromatic nitrogens is 2. The molecule has 0 amide bonds. The molecule has 0 bridgehead atoms. The maximum Gasteiger partial charge on any atom is 0.308 e. The Balaban J connectivity index is 2.48. The van der Waals surface area contributed by atoms with Crippen LogP contribution < -0.4 is 15.0 Å². The third-order valence-corrected chi connectivity index (χ3v) is 3.29. The summed E-state index contributed by atoms with van der Waals surface area (Å²) in [5.41, 5.74) is 0.736. The summed E-state index contributed by atoms with van der Waals surface area (Å²) in [5.74, 6) is 0.404. The van der Waals surface area contributed by atoms with Crippen LogP contribution in [0.5, 0.6) is 11.5 Å². The molecule has 2 rings (SSSR count). The normalized spacial score (nSPS) is 10.4. The van der Waals surface area contributed by atoms with Gasteiger partial charge in [-0.25, -0.2) is 4.98 Å². The van der Waals surface area contributed by atoms with Crippen LogP contribution in [0.3, 0.4) is 0 Å². The third-order valence-electron chi connectivity index (χ3n) is 3.29. The summed E-state index contributed by atoms with van der Waals surface area (Å²) in [6, 6.07) is 5.19. The second kappa shape index (κ2) is 6.95. The summed E-state index contributed by atoms with van der Waals surface area (Å²) in [4.78, 5) is 29.8. The Bertz CT molecular complexity index is 783. The first-order valence-electron chi connectivity index (χ1n) is 7.09. The average Bonchev–Trinajstić information content (AvgIpc) is 2.50. The van der Waals surface area contributed by atoms with E-state index in [1.54, 1.807) is 32.2 Å². The monoisotopic (exact) mass is 318 g/mol. The second-order valence-electron chi connectivity index (χ2n) is 4.85. The van der Waals surface area contributed by atoms with Crippen LogP contribution in [-0.4, -0.2) is 34.8 Å². The predicted octanol–water partition coefficient (Wildman–Crippen LogP) is 1.78. The molecule has 0 unspecified atom stereocenters. The summed E-state index contributed by atoms with van der Waals surface area (Å²) in [6.45, 7) is 3.95. The van der Waals surface area contributed by atoms with Crippen molar-refractivity contribution < 1.29 is 19.4 Å². The number of hydrogen-bond acceptors (Lipinski definition) is 5. The number of hydrogen-bond donors (Lipinski definition) is 2. The van der Waals surface area contributed by atoms with E-state index in [2.05, 4.69) is 9.97 Å². The van der Waals surface area contributed by atoms with Gasteiger partial charge in [0.15, 0.2) is 11.5 Å². The van der Waals surface area contributed by atoms with Crippen molar-refractivity contribution in [3.8, 4) is 22.9 Å². The number of methoxy groups -OCH3 is 1. The molecule has 1 aromatic heterocycles. The number of carboxylic acid groups (broad SMARTS) is 1. The molecular weight excluding hydrogens is 300 g/mol. The second-order valence-corrected chi connectivity index (χ2v) is 4.85. The topological polar surface area (TPSA) is 102 Å². The molecule has 2 aromatic rings. The van der Waals surface area contributed by atoms with E-state index in [9.17, 15) is 9.59 Å². The number of aryl methyl sites for hydroxylation is 1. The molecule has 23 heavy (non-hydrogen) atoms. The average molecular weight is 318 g/mol. The number of nitrogens with zero attached hydrogens (tertiary/aromatic N) is 1. The smallest absolute Gasteiger partial charge is 0.308 e. The molecule has 0 fully saturated rings. The fourth-order valence-corrected chi connectivity index (χ4v) is 2.20. The summed E-state index contributed by atoms with van der Waals surface area (Å²) in [6.07, 6.45) is -0.360. The van der Waals surface area contributed by atoms with Gasteiger partial charge in [-0.05, 0) is 32.0 Å². The number of ether oxygens (including phenoxy) is 2. The van der Waals surface area contributed by atoms with Crippen molar-refractivity contribution in [2.45, 2.75) is 20.3 Å². The maximum absolute atomic E-state index is 12.1. The Kier molecular flexibility index (Phi) is 5.00. The zero-order valence-electron chi connectivity index (χ0n) is 13.2. The number of carbonyl (C=O) groups is 1. The molecule has 0 aliphatic rings. The van der Waals surface area contributed by atoms with Gasteiger partial charge in [0.05, 0.1) is 20.1 Å². The first-order chi connectivity index (χ1) is 11.0. The van der Waals surface area contributed by atoms with E-state index in [1.807, 2.05) is 6.92 Å². The van der Waals surface area contributed by atoms with Gasteiger partial charge in [0.25, 0.3) is 5.56 Å². The van der Waals surface area contributed by atoms with Crippen LogP contribution in [0.25, 0.3) is 11.4 Å². The Morgan fingerprint density at radius 1 is 1.35 bits per heavy atom. The molecule has 0 aliphatic heterocycles. The van der Waals surface area contributed by atoms with Crippen molar-refractivity contribution in [3.05, 3.63) is 39.8 Å². The van der Waals surface area contributed by atoms with Crippen molar-refractivity contribution in [2.24, 2.45) is 0 Å². The van der Waals surface area contributed by atoms with E-state index in [0.717, 1.165) is 0 Å². The zero-order valence-corrected chi connectivity index (χ0v) is 13.2. The highest BCUT2D eigenvalue weighted by molar-refractivity contribution is 5.70. The van der Waals surface area contributed by atoms with Gasteiger partial charge in [-0.3, -0.25) is 9.59 Å². The molecule has 0 saturated carbocycles. The summed E-state index contributed by atoms with van der Waals surface area (Å²) >= 11 is 0. The molecule has 1 aromatic carbocycles. The summed E-state index contributed by atoms with van der Waals surface area (Å²) < 4.78 is 10.7. The van der Waals surface area contributed by atoms with Gasteiger partial charge in [-0.2, -0.15) is 0 Å². The highest BCUT2D eigenvalue weighted by atomic mass is 16.5. The molecule has 7 heteroatoms. The van der Waals surface area contributed by atoms with Gasteiger partial charge < -0.3 is 19.6 Å². The van der Waals surface area contributed by atoms with E-state index in [4.69, 9.17) is 14.6 Å². The van der Waals surface area contributed by atoms with Crippen LogP contribution >= 0.6 is 0 Å². The Labute approximate surface area is 132 Å². The van der Waals surface area contributed by atoms with Crippen molar-refractivity contribution in [2.75, 3.05) is 13.7 Å². The standard InChI is InChI=1S/C16H18N2O5/c1-4-23-13-7-10(5-6-12(13)22-3)15-17-9(2)11(8-14(19)20)16(21)18-15/h5-7H,4,8H2,1-3H3,(H,19,20)(H,17,18,21). The van der Waals surface area contributed by atoms with Crippen LogP contribution in [0.1, 0.15) is 18.2 Å². The van der Waals surface area contributed by atoms with E-state index < -0.39 is 11.5 Å². The van der Waals surface area contributed by atoms with Gasteiger partial charge in [0.1, 0.15) is 5.82 Å². The first-order valence-corrected chi connectivity index (χ1v) is 7.09. The van der Waals surface area contributed by atoms with E-state index in [1.165, 1.54) is 0 Å². The molecule has 7 nitrogen and oxygen atoms in total. The quantitative estimate of drug-likeness (QED) is 0.842. The van der Waals surface area contributed by atoms with E-state index in [0.29, 0.717) is 35.2 Å². The van der Waals surface area contributed by atoms with Crippen molar-refractivity contribution in [1.82, 2.24) is 9.97 Å². The van der Waals surface area contributed by atoms with Crippen LogP contribution in [0.15, 0.2) is 23.0 Å². The summed E-state index contributed by atoms with van der Waals surface area (Å²) in [5, 5.41) is 8.84. The lowest BCUT2D eigenvalue weighted by Gasteiger charge is -2.11. The Hall–Kier alpha value is -2.83. The SMILES string of the molecule is CCOc1cc(-c2nc(C)c(CC(=O)O)c(=O)[nH]2)ccc1OC. The first kappa shape index (κ1) is 16.5. The minimum absolute atomic E-state index is 0.153. The minimum atomic E-state index is -1.07. The molecular formula is C16H18N2O5. The number of H-pyrrole nitrogens is 1. The van der Waals surface area contributed by atoms with Gasteiger partial charge in [-0.1, -0.05) is 0 Å². The number of rotatable bonds is 6. The molecule has 0 radical (unpaired) electrons. The fourth-order valence-electron chi connectivity index (χ4n) is 2.20. The molecule has 122 valence electrons. The van der Waals surface area contributed by atoms with Crippen LogP contribution in [0.2, 0.25) is 0 Å². The van der Waals surface area contributed by atoms with Crippen LogP contribution in [0, 0.1) is 6.92 Å². The van der Waals surface area contributed by atoms with Crippen LogP contribution in [-0.2, 0) is 11.2 Å². The largest absolute Gasteiger partial charge is 0.493 e. The number of aromatic amines is 1.